The van der Waals surface area contributed by atoms with Gasteiger partial charge in [0.2, 0.25) is 0 Å². The van der Waals surface area contributed by atoms with Crippen molar-refractivity contribution in [1.82, 2.24) is 5.16 Å². The molecule has 1 aromatic heterocycles. The minimum absolute atomic E-state index is 0.141. The Morgan fingerprint density at radius 2 is 2.13 bits per heavy atom. The van der Waals surface area contributed by atoms with Crippen LogP contribution in [0.3, 0.4) is 0 Å². The van der Waals surface area contributed by atoms with E-state index < -0.39 is 0 Å². The molecule has 0 radical (unpaired) electrons. The normalized spacial score (nSPS) is 10.6. The first kappa shape index (κ1) is 10.5. The van der Waals surface area contributed by atoms with Crippen molar-refractivity contribution < 1.29 is 9.63 Å². The van der Waals surface area contributed by atoms with Crippen LogP contribution in [0.1, 0.15) is 5.56 Å². The number of nitrogens with zero attached hydrogens (tertiary/aromatic N) is 1. The van der Waals surface area contributed by atoms with Gasteiger partial charge in [0, 0.05) is 16.1 Å². The summed E-state index contributed by atoms with van der Waals surface area (Å²) < 4.78 is 5.02. The summed E-state index contributed by atoms with van der Waals surface area (Å²) in [7, 11) is 0. The molecule has 1 N–H and O–H groups in total. The summed E-state index contributed by atoms with van der Waals surface area (Å²) in [5.41, 5.74) is 1.27. The number of rotatable bonds is 2. The Bertz CT molecular complexity index is 482. The summed E-state index contributed by atoms with van der Waals surface area (Å²) in [6.45, 7) is -0.141. The fraction of sp³-hybridized carbons (Fsp3) is 0.100. The smallest absolute Gasteiger partial charge is 0.173 e. The van der Waals surface area contributed by atoms with Gasteiger partial charge < -0.3 is 9.63 Å². The van der Waals surface area contributed by atoms with E-state index >= 15 is 0 Å². The first-order chi connectivity index (χ1) is 7.22. The van der Waals surface area contributed by atoms with Crippen LogP contribution in [-0.2, 0) is 6.61 Å². The molecule has 0 unspecified atom stereocenters. The van der Waals surface area contributed by atoms with Gasteiger partial charge in [-0.3, -0.25) is 0 Å². The van der Waals surface area contributed by atoms with E-state index in [1.807, 2.05) is 0 Å². The summed E-state index contributed by atoms with van der Waals surface area (Å²) in [6, 6.07) is 5.04. The summed E-state index contributed by atoms with van der Waals surface area (Å²) in [4.78, 5) is 0. The van der Waals surface area contributed by atoms with E-state index in [1.165, 1.54) is 6.20 Å². The lowest BCUT2D eigenvalue weighted by molar-refractivity contribution is 0.281. The Hall–Kier alpha value is -1.03. The minimum Gasteiger partial charge on any atom is -0.391 e. The monoisotopic (exact) mass is 243 g/mol. The number of halogens is 2. The SMILES string of the molecule is OCc1cnoc1-c1ccc(Cl)cc1Cl. The molecule has 78 valence electrons. The molecule has 2 rings (SSSR count). The van der Waals surface area contributed by atoms with Crippen LogP contribution in [0.5, 0.6) is 0 Å². The van der Waals surface area contributed by atoms with Crippen LogP contribution in [0.4, 0.5) is 0 Å². The van der Waals surface area contributed by atoms with Crippen molar-refractivity contribution in [3.05, 3.63) is 40.0 Å². The molecule has 0 fully saturated rings. The molecule has 0 saturated carbocycles. The highest BCUT2D eigenvalue weighted by atomic mass is 35.5. The van der Waals surface area contributed by atoms with Gasteiger partial charge in [0.15, 0.2) is 5.76 Å². The van der Waals surface area contributed by atoms with Gasteiger partial charge in [-0.25, -0.2) is 0 Å². The van der Waals surface area contributed by atoms with Crippen molar-refractivity contribution >= 4 is 23.2 Å². The quantitative estimate of drug-likeness (QED) is 0.882. The van der Waals surface area contributed by atoms with Crippen LogP contribution in [-0.4, -0.2) is 10.3 Å². The number of hydrogen-bond donors (Lipinski definition) is 1. The molecule has 0 aliphatic carbocycles. The van der Waals surface area contributed by atoms with Crippen LogP contribution in [0, 0.1) is 0 Å². The van der Waals surface area contributed by atoms with E-state index in [4.69, 9.17) is 32.8 Å². The Morgan fingerprint density at radius 3 is 2.80 bits per heavy atom. The molecule has 2 aromatic rings. The average molecular weight is 244 g/mol. The molecule has 0 saturated heterocycles. The topological polar surface area (TPSA) is 46.3 Å². The van der Waals surface area contributed by atoms with Crippen molar-refractivity contribution in [3.63, 3.8) is 0 Å². The second-order valence-corrected chi connectivity index (χ2v) is 3.81. The van der Waals surface area contributed by atoms with Crippen LogP contribution < -0.4 is 0 Å². The lowest BCUT2D eigenvalue weighted by atomic mass is 10.1. The molecule has 5 heteroatoms. The molecular weight excluding hydrogens is 237 g/mol. The predicted molar refractivity (Wildman–Crippen MR) is 57.9 cm³/mol. The third kappa shape index (κ3) is 2.00. The summed E-state index contributed by atoms with van der Waals surface area (Å²) in [5.74, 6) is 0.471. The molecule has 0 aliphatic rings. The molecule has 3 nitrogen and oxygen atoms in total. The highest BCUT2D eigenvalue weighted by Gasteiger charge is 2.13. The minimum atomic E-state index is -0.141. The van der Waals surface area contributed by atoms with Gasteiger partial charge in [0.05, 0.1) is 17.8 Å². The van der Waals surface area contributed by atoms with Gasteiger partial charge in [-0.15, -0.1) is 0 Å². The van der Waals surface area contributed by atoms with E-state index in [2.05, 4.69) is 5.16 Å². The Morgan fingerprint density at radius 1 is 1.33 bits per heavy atom. The predicted octanol–water partition coefficient (Wildman–Crippen LogP) is 3.14. The average Bonchev–Trinajstić information content (AvgIpc) is 2.65. The number of benzene rings is 1. The second-order valence-electron chi connectivity index (χ2n) is 2.96. The van der Waals surface area contributed by atoms with E-state index in [1.54, 1.807) is 18.2 Å². The Labute approximate surface area is 96.2 Å². The van der Waals surface area contributed by atoms with Crippen molar-refractivity contribution in [3.8, 4) is 11.3 Å². The number of aromatic nitrogens is 1. The number of hydrogen-bond acceptors (Lipinski definition) is 3. The van der Waals surface area contributed by atoms with Crippen LogP contribution >= 0.6 is 23.2 Å². The summed E-state index contributed by atoms with van der Waals surface area (Å²) in [6.07, 6.45) is 1.46. The third-order valence-corrected chi connectivity index (χ3v) is 2.54. The Kier molecular flexibility index (Phi) is 2.95. The zero-order chi connectivity index (χ0) is 10.8. The van der Waals surface area contributed by atoms with Crippen molar-refractivity contribution in [2.45, 2.75) is 6.61 Å². The van der Waals surface area contributed by atoms with Crippen LogP contribution in [0.25, 0.3) is 11.3 Å². The van der Waals surface area contributed by atoms with E-state index in [0.29, 0.717) is 26.9 Å². The van der Waals surface area contributed by atoms with Crippen molar-refractivity contribution in [2.24, 2.45) is 0 Å². The van der Waals surface area contributed by atoms with Crippen molar-refractivity contribution in [2.75, 3.05) is 0 Å². The second kappa shape index (κ2) is 4.23. The zero-order valence-corrected chi connectivity index (χ0v) is 9.09. The molecule has 1 heterocycles. The van der Waals surface area contributed by atoms with E-state index in [9.17, 15) is 0 Å². The molecule has 0 atom stereocenters. The van der Waals surface area contributed by atoms with Gasteiger partial charge in [-0.2, -0.15) is 0 Å². The molecule has 0 amide bonds. The maximum absolute atomic E-state index is 9.04. The largest absolute Gasteiger partial charge is 0.391 e. The maximum Gasteiger partial charge on any atom is 0.173 e. The molecule has 0 bridgehead atoms. The highest BCUT2D eigenvalue weighted by molar-refractivity contribution is 6.36. The highest BCUT2D eigenvalue weighted by Crippen LogP contribution is 2.32. The van der Waals surface area contributed by atoms with Gasteiger partial charge in [0.25, 0.3) is 0 Å². The molecule has 1 aromatic carbocycles. The lowest BCUT2D eigenvalue weighted by Crippen LogP contribution is -1.84. The first-order valence-electron chi connectivity index (χ1n) is 4.22. The number of aliphatic hydroxyl groups is 1. The number of aliphatic hydroxyl groups excluding tert-OH is 1. The van der Waals surface area contributed by atoms with Gasteiger partial charge in [0.1, 0.15) is 0 Å². The van der Waals surface area contributed by atoms with E-state index in [-0.39, 0.29) is 6.61 Å². The zero-order valence-electron chi connectivity index (χ0n) is 7.58. The van der Waals surface area contributed by atoms with Crippen LogP contribution in [0.2, 0.25) is 10.0 Å². The fourth-order valence-corrected chi connectivity index (χ4v) is 1.76. The summed E-state index contributed by atoms with van der Waals surface area (Å²) >= 11 is 11.8. The van der Waals surface area contributed by atoms with E-state index in [0.717, 1.165) is 0 Å². The van der Waals surface area contributed by atoms with Gasteiger partial charge >= 0.3 is 0 Å². The third-order valence-electron chi connectivity index (χ3n) is 1.99. The lowest BCUT2D eigenvalue weighted by Gasteiger charge is -2.01. The van der Waals surface area contributed by atoms with Gasteiger partial charge in [-0.05, 0) is 18.2 Å². The first-order valence-corrected chi connectivity index (χ1v) is 4.98. The fourth-order valence-electron chi connectivity index (χ4n) is 1.27. The molecule has 0 aliphatic heterocycles. The Balaban J connectivity index is 2.54. The molecular formula is C10H7Cl2NO2. The van der Waals surface area contributed by atoms with Crippen molar-refractivity contribution in [1.29, 1.82) is 0 Å². The van der Waals surface area contributed by atoms with Gasteiger partial charge in [-0.1, -0.05) is 28.4 Å². The summed E-state index contributed by atoms with van der Waals surface area (Å²) in [5, 5.41) is 13.7. The maximum atomic E-state index is 9.04. The van der Waals surface area contributed by atoms with Crippen LogP contribution in [0.15, 0.2) is 28.9 Å². The molecule has 15 heavy (non-hydrogen) atoms. The molecule has 0 spiro atoms. The standard InChI is InChI=1S/C10H7Cl2NO2/c11-7-1-2-8(9(12)3-7)10-6(5-14)4-13-15-10/h1-4,14H,5H2.